The monoisotopic (exact) mass is 149 g/mol. The minimum atomic E-state index is -0.212. The average Bonchev–Trinajstić information content (AvgIpc) is 2.31. The van der Waals surface area contributed by atoms with Gasteiger partial charge in [-0.1, -0.05) is 6.07 Å². The Hall–Kier alpha value is -1.31. The van der Waals surface area contributed by atoms with E-state index in [2.05, 4.69) is 0 Å². The molecule has 0 fully saturated rings. The number of halogens is 1. The summed E-state index contributed by atoms with van der Waals surface area (Å²) in [6, 6.07) is 7.00. The van der Waals surface area contributed by atoms with E-state index >= 15 is 0 Å². The molecule has 0 bridgehead atoms. The second kappa shape index (κ2) is 2.09. The van der Waals surface area contributed by atoms with Crippen LogP contribution >= 0.6 is 0 Å². The molecule has 2 heteroatoms. The Morgan fingerprint density at radius 3 is 2.91 bits per heavy atom. The smallest absolute Gasteiger partial charge is 0.198 e. The molecule has 1 nitrogen and oxygen atoms in total. The molecule has 0 amide bonds. The number of hydrogen-bond acceptors (Lipinski definition) is 0. The Labute approximate surface area is 64.1 Å². The molecule has 0 saturated carbocycles. The first kappa shape index (κ1) is 6.40. The van der Waals surface area contributed by atoms with Crippen LogP contribution in [0.4, 0.5) is 4.39 Å². The van der Waals surface area contributed by atoms with Crippen LogP contribution in [0.15, 0.2) is 30.5 Å². The van der Waals surface area contributed by atoms with Crippen LogP contribution < -0.4 is 0 Å². The van der Waals surface area contributed by atoms with Gasteiger partial charge < -0.3 is 0 Å². The molecule has 0 radical (unpaired) electrons. The fraction of sp³-hybridized carbons (Fsp3) is 0.111. The third-order valence-electron chi connectivity index (χ3n) is 1.72. The average molecular weight is 149 g/mol. The normalized spacial score (nSPS) is 10.7. The van der Waals surface area contributed by atoms with E-state index in [0.717, 1.165) is 11.1 Å². The Morgan fingerprint density at radius 1 is 1.36 bits per heavy atom. The quantitative estimate of drug-likeness (QED) is 0.506. The lowest BCUT2D eigenvalue weighted by Crippen LogP contribution is -1.87. The van der Waals surface area contributed by atoms with E-state index in [4.69, 9.17) is 0 Å². The molecule has 0 aliphatic rings. The fourth-order valence-corrected chi connectivity index (χ4v) is 1.24. The summed E-state index contributed by atoms with van der Waals surface area (Å²) in [4.78, 5) is 0. The van der Waals surface area contributed by atoms with Crippen LogP contribution in [0.1, 0.15) is 5.56 Å². The van der Waals surface area contributed by atoms with Crippen molar-refractivity contribution < 1.29 is 4.39 Å². The van der Waals surface area contributed by atoms with Gasteiger partial charge in [-0.25, -0.2) is 0 Å². The number of hydrogen-bond donors (Lipinski definition) is 0. The van der Waals surface area contributed by atoms with Gasteiger partial charge >= 0.3 is 0 Å². The molecule has 0 N–H and O–H groups in total. The largest absolute Gasteiger partial charge is 0.293 e. The minimum absolute atomic E-state index is 0.212. The molecule has 2 aromatic rings. The molecular formula is C9H8FN. The lowest BCUT2D eigenvalue weighted by atomic mass is 10.3. The van der Waals surface area contributed by atoms with Gasteiger partial charge in [0.05, 0.1) is 0 Å². The maximum Gasteiger partial charge on any atom is 0.198 e. The van der Waals surface area contributed by atoms with Crippen LogP contribution in [0.5, 0.6) is 0 Å². The number of fused-ring (bicyclic) bond motifs is 1. The summed E-state index contributed by atoms with van der Waals surface area (Å²) in [7, 11) is 0. The van der Waals surface area contributed by atoms with Crippen molar-refractivity contribution in [3.8, 4) is 0 Å². The van der Waals surface area contributed by atoms with Gasteiger partial charge in [-0.05, 0) is 30.7 Å². The zero-order chi connectivity index (χ0) is 7.84. The highest BCUT2D eigenvalue weighted by atomic mass is 19.1. The first-order valence-electron chi connectivity index (χ1n) is 3.50. The molecule has 0 aromatic carbocycles. The van der Waals surface area contributed by atoms with Gasteiger partial charge in [0.15, 0.2) is 5.95 Å². The van der Waals surface area contributed by atoms with E-state index in [1.165, 1.54) is 10.5 Å². The second-order valence-electron chi connectivity index (χ2n) is 2.66. The van der Waals surface area contributed by atoms with E-state index in [-0.39, 0.29) is 5.95 Å². The Balaban J connectivity index is 2.90. The molecule has 0 aliphatic heterocycles. The van der Waals surface area contributed by atoms with Crippen molar-refractivity contribution >= 4 is 5.52 Å². The lowest BCUT2D eigenvalue weighted by molar-refractivity contribution is 0.568. The highest BCUT2D eigenvalue weighted by Gasteiger charge is 1.98. The van der Waals surface area contributed by atoms with Crippen LogP contribution in [0.2, 0.25) is 0 Å². The van der Waals surface area contributed by atoms with Crippen molar-refractivity contribution in [3.63, 3.8) is 0 Å². The molecule has 11 heavy (non-hydrogen) atoms. The van der Waals surface area contributed by atoms with Gasteiger partial charge in [-0.15, -0.1) is 0 Å². The van der Waals surface area contributed by atoms with Crippen LogP contribution in [0.3, 0.4) is 0 Å². The van der Waals surface area contributed by atoms with Gasteiger partial charge in [0.25, 0.3) is 0 Å². The molecule has 0 saturated heterocycles. The first-order chi connectivity index (χ1) is 5.27. The van der Waals surface area contributed by atoms with Crippen LogP contribution in [0.25, 0.3) is 5.52 Å². The van der Waals surface area contributed by atoms with Gasteiger partial charge in [0.1, 0.15) is 0 Å². The summed E-state index contributed by atoms with van der Waals surface area (Å²) in [6.07, 6.45) is 1.78. The highest BCUT2D eigenvalue weighted by molar-refractivity contribution is 5.49. The summed E-state index contributed by atoms with van der Waals surface area (Å²) in [6.45, 7) is 1.95. The number of aromatic nitrogens is 1. The number of aryl methyl sites for hydroxylation is 1. The molecule has 0 atom stereocenters. The molecule has 0 spiro atoms. The lowest BCUT2D eigenvalue weighted by Gasteiger charge is -1.93. The highest BCUT2D eigenvalue weighted by Crippen LogP contribution is 2.10. The predicted octanol–water partition coefficient (Wildman–Crippen LogP) is 2.39. The number of nitrogens with zero attached hydrogens (tertiary/aromatic N) is 1. The van der Waals surface area contributed by atoms with E-state index in [1.54, 1.807) is 12.3 Å². The minimum Gasteiger partial charge on any atom is -0.293 e. The van der Waals surface area contributed by atoms with Crippen molar-refractivity contribution in [1.82, 2.24) is 4.40 Å². The van der Waals surface area contributed by atoms with Gasteiger partial charge in [-0.2, -0.15) is 4.39 Å². The number of pyridine rings is 1. The summed E-state index contributed by atoms with van der Waals surface area (Å²) >= 11 is 0. The van der Waals surface area contributed by atoms with Crippen molar-refractivity contribution in [2.45, 2.75) is 6.92 Å². The van der Waals surface area contributed by atoms with Crippen molar-refractivity contribution in [1.29, 1.82) is 0 Å². The van der Waals surface area contributed by atoms with Gasteiger partial charge in [0, 0.05) is 11.7 Å². The van der Waals surface area contributed by atoms with Crippen LogP contribution in [-0.2, 0) is 0 Å². The first-order valence-corrected chi connectivity index (χ1v) is 3.50. The molecule has 0 aliphatic carbocycles. The van der Waals surface area contributed by atoms with Crippen molar-refractivity contribution in [2.75, 3.05) is 0 Å². The standard InChI is InChI=1S/C9H8FN/c1-7-5-8-3-2-4-9(10)11(8)6-7/h2-6H,1H3. The molecule has 2 aromatic heterocycles. The molecule has 2 rings (SSSR count). The second-order valence-corrected chi connectivity index (χ2v) is 2.66. The zero-order valence-electron chi connectivity index (χ0n) is 6.21. The third kappa shape index (κ3) is 0.909. The van der Waals surface area contributed by atoms with Crippen molar-refractivity contribution in [3.05, 3.63) is 42.0 Å². The Kier molecular flexibility index (Phi) is 1.22. The summed E-state index contributed by atoms with van der Waals surface area (Å²) in [5.41, 5.74) is 1.98. The summed E-state index contributed by atoms with van der Waals surface area (Å²) in [5, 5.41) is 0. The van der Waals surface area contributed by atoms with Crippen molar-refractivity contribution in [2.24, 2.45) is 0 Å². The van der Waals surface area contributed by atoms with Crippen LogP contribution in [-0.4, -0.2) is 4.40 Å². The molecule has 0 unspecified atom stereocenters. The maximum atomic E-state index is 13.0. The fourth-order valence-electron chi connectivity index (χ4n) is 1.24. The SMILES string of the molecule is Cc1cc2cccc(F)n2c1. The maximum absolute atomic E-state index is 13.0. The summed E-state index contributed by atoms with van der Waals surface area (Å²) < 4.78 is 14.5. The summed E-state index contributed by atoms with van der Waals surface area (Å²) in [5.74, 6) is -0.212. The van der Waals surface area contributed by atoms with E-state index in [0.29, 0.717) is 0 Å². The van der Waals surface area contributed by atoms with E-state index in [1.807, 2.05) is 19.1 Å². The Bertz CT molecular complexity index is 389. The van der Waals surface area contributed by atoms with Gasteiger partial charge in [-0.3, -0.25) is 4.40 Å². The molecular weight excluding hydrogens is 141 g/mol. The predicted molar refractivity (Wildman–Crippen MR) is 42.1 cm³/mol. The van der Waals surface area contributed by atoms with Gasteiger partial charge in [0.2, 0.25) is 0 Å². The van der Waals surface area contributed by atoms with E-state index < -0.39 is 0 Å². The Morgan fingerprint density at radius 2 is 2.18 bits per heavy atom. The van der Waals surface area contributed by atoms with E-state index in [9.17, 15) is 4.39 Å². The molecule has 2 heterocycles. The van der Waals surface area contributed by atoms with Crippen LogP contribution in [0, 0.1) is 12.9 Å². The molecule has 56 valence electrons. The topological polar surface area (TPSA) is 4.41 Å². The zero-order valence-corrected chi connectivity index (χ0v) is 6.21. The third-order valence-corrected chi connectivity index (χ3v) is 1.72. The number of rotatable bonds is 0.